The highest BCUT2D eigenvalue weighted by Gasteiger charge is 2.19. The van der Waals surface area contributed by atoms with E-state index in [0.717, 1.165) is 6.07 Å². The molecule has 1 heterocycles. The Balaban J connectivity index is 3.23. The quantitative estimate of drug-likeness (QED) is 0.619. The molecule has 6 heteroatoms. The first-order chi connectivity index (χ1) is 6.06. The van der Waals surface area contributed by atoms with Crippen molar-refractivity contribution in [2.75, 3.05) is 7.11 Å². The van der Waals surface area contributed by atoms with Crippen LogP contribution >= 0.6 is 22.6 Å². The van der Waals surface area contributed by atoms with Crippen molar-refractivity contribution >= 4 is 22.6 Å². The minimum Gasteiger partial charge on any atom is -0.481 e. The third-order valence-corrected chi connectivity index (χ3v) is 2.19. The van der Waals surface area contributed by atoms with Crippen molar-refractivity contribution in [2.24, 2.45) is 0 Å². The zero-order chi connectivity index (χ0) is 10.0. The van der Waals surface area contributed by atoms with Crippen LogP contribution in [-0.4, -0.2) is 12.1 Å². The summed E-state index contributed by atoms with van der Waals surface area (Å²) in [4.78, 5) is 3.62. The summed E-state index contributed by atoms with van der Waals surface area (Å²) in [6.45, 7) is 0. The predicted molar refractivity (Wildman–Crippen MR) is 48.4 cm³/mol. The molecule has 0 aromatic carbocycles. The van der Waals surface area contributed by atoms with Crippen molar-refractivity contribution in [1.29, 1.82) is 0 Å². The molecule has 0 radical (unpaired) electrons. The van der Waals surface area contributed by atoms with E-state index in [1.165, 1.54) is 29.7 Å². The largest absolute Gasteiger partial charge is 0.481 e. The van der Waals surface area contributed by atoms with Gasteiger partial charge in [-0.15, -0.1) is 0 Å². The summed E-state index contributed by atoms with van der Waals surface area (Å²) >= 11 is 1.54. The van der Waals surface area contributed by atoms with Gasteiger partial charge in [-0.2, -0.15) is 0 Å². The van der Waals surface area contributed by atoms with Crippen LogP contribution in [-0.2, 0) is 0 Å². The first-order valence-corrected chi connectivity index (χ1v) is 4.32. The van der Waals surface area contributed by atoms with E-state index in [2.05, 4.69) is 9.72 Å². The molecule has 0 amide bonds. The van der Waals surface area contributed by atoms with Gasteiger partial charge in [0.05, 0.1) is 12.7 Å². The van der Waals surface area contributed by atoms with Crippen molar-refractivity contribution in [3.8, 4) is 5.88 Å². The summed E-state index contributed by atoms with van der Waals surface area (Å²) in [5.74, 6) is -1.00. The lowest BCUT2D eigenvalue weighted by Gasteiger charge is -2.06. The second kappa shape index (κ2) is 4.12. The van der Waals surface area contributed by atoms with Crippen LogP contribution in [0.2, 0.25) is 0 Å². The van der Waals surface area contributed by atoms with E-state index in [0.29, 0.717) is 0 Å². The molecule has 1 aromatic rings. The fourth-order valence-corrected chi connectivity index (χ4v) is 1.50. The maximum Gasteiger partial charge on any atom is 0.269 e. The molecule has 0 aliphatic carbocycles. The molecule has 1 rings (SSSR count). The average molecular weight is 303 g/mol. The zero-order valence-corrected chi connectivity index (χ0v) is 8.68. The van der Waals surface area contributed by atoms with E-state index in [9.17, 15) is 13.2 Å². The van der Waals surface area contributed by atoms with E-state index < -0.39 is 17.8 Å². The zero-order valence-electron chi connectivity index (χ0n) is 6.52. The standard InChI is InChI=1S/C7H5F3INO/c1-13-4-2-3(8)5(6(9)10)7(11)12-4/h2,6H,1H3. The smallest absolute Gasteiger partial charge is 0.269 e. The summed E-state index contributed by atoms with van der Waals surface area (Å²) in [5.41, 5.74) is -0.679. The lowest BCUT2D eigenvalue weighted by atomic mass is 10.3. The van der Waals surface area contributed by atoms with E-state index in [1.54, 1.807) is 0 Å². The molecule has 0 aliphatic rings. The van der Waals surface area contributed by atoms with Gasteiger partial charge >= 0.3 is 0 Å². The summed E-state index contributed by atoms with van der Waals surface area (Å²) in [6.07, 6.45) is -2.86. The molecule has 0 unspecified atom stereocenters. The highest BCUT2D eigenvalue weighted by Crippen LogP contribution is 2.28. The van der Waals surface area contributed by atoms with Gasteiger partial charge in [0.2, 0.25) is 5.88 Å². The number of alkyl halides is 2. The first kappa shape index (κ1) is 10.6. The van der Waals surface area contributed by atoms with Gasteiger partial charge in [0.1, 0.15) is 9.52 Å². The molecule has 2 nitrogen and oxygen atoms in total. The number of pyridine rings is 1. The summed E-state index contributed by atoms with van der Waals surface area (Å²) < 4.78 is 41.9. The molecule has 0 saturated heterocycles. The molecule has 0 bridgehead atoms. The predicted octanol–water partition coefficient (Wildman–Crippen LogP) is 2.77. The Labute approximate surface area is 86.3 Å². The van der Waals surface area contributed by atoms with E-state index in [4.69, 9.17) is 0 Å². The van der Waals surface area contributed by atoms with Crippen LogP contribution in [0.4, 0.5) is 13.2 Å². The Kier molecular flexibility index (Phi) is 3.34. The van der Waals surface area contributed by atoms with E-state index in [1.807, 2.05) is 0 Å². The molecule has 0 aliphatic heterocycles. The lowest BCUT2D eigenvalue weighted by Crippen LogP contribution is -2.00. The maximum absolute atomic E-state index is 12.9. The monoisotopic (exact) mass is 303 g/mol. The van der Waals surface area contributed by atoms with Crippen molar-refractivity contribution in [3.05, 3.63) is 21.1 Å². The van der Waals surface area contributed by atoms with Gasteiger partial charge in [0.25, 0.3) is 6.43 Å². The fraction of sp³-hybridized carbons (Fsp3) is 0.286. The number of nitrogens with zero attached hydrogens (tertiary/aromatic N) is 1. The molecule has 13 heavy (non-hydrogen) atoms. The normalized spacial score (nSPS) is 10.6. The highest BCUT2D eigenvalue weighted by atomic mass is 127. The maximum atomic E-state index is 12.9. The van der Waals surface area contributed by atoms with Gasteiger partial charge < -0.3 is 4.74 Å². The Hall–Kier alpha value is -0.530. The molecule has 0 N–H and O–H groups in total. The van der Waals surface area contributed by atoms with Crippen molar-refractivity contribution in [2.45, 2.75) is 6.43 Å². The minimum atomic E-state index is -2.86. The molecule has 72 valence electrons. The summed E-state index contributed by atoms with van der Waals surface area (Å²) in [7, 11) is 1.29. The molecule has 0 fully saturated rings. The van der Waals surface area contributed by atoms with Crippen LogP contribution in [0.15, 0.2) is 6.07 Å². The third-order valence-electron chi connectivity index (χ3n) is 1.37. The topological polar surface area (TPSA) is 22.1 Å². The van der Waals surface area contributed by atoms with Gasteiger partial charge in [-0.1, -0.05) is 0 Å². The number of halogens is 4. The second-order valence-corrected chi connectivity index (χ2v) is 3.17. The van der Waals surface area contributed by atoms with Crippen LogP contribution in [0.25, 0.3) is 0 Å². The van der Waals surface area contributed by atoms with E-state index in [-0.39, 0.29) is 9.58 Å². The van der Waals surface area contributed by atoms with Gasteiger partial charge in [0, 0.05) is 6.07 Å². The minimum absolute atomic E-state index is 0.00806. The molecule has 1 aromatic heterocycles. The Morgan fingerprint density at radius 3 is 2.54 bits per heavy atom. The Morgan fingerprint density at radius 1 is 1.54 bits per heavy atom. The molecular weight excluding hydrogens is 298 g/mol. The molecule has 0 spiro atoms. The van der Waals surface area contributed by atoms with Gasteiger partial charge in [0.15, 0.2) is 0 Å². The summed E-state index contributed by atoms with van der Waals surface area (Å²) in [6, 6.07) is 0.837. The van der Waals surface area contributed by atoms with Gasteiger partial charge in [-0.05, 0) is 22.6 Å². The number of ether oxygens (including phenoxy) is 1. The number of aromatic nitrogens is 1. The second-order valence-electron chi connectivity index (χ2n) is 2.15. The summed E-state index contributed by atoms with van der Waals surface area (Å²) in [5, 5.41) is 0. The number of methoxy groups -OCH3 is 1. The van der Waals surface area contributed by atoms with Crippen molar-refractivity contribution in [3.63, 3.8) is 0 Å². The number of rotatable bonds is 2. The lowest BCUT2D eigenvalue weighted by molar-refractivity contribution is 0.144. The van der Waals surface area contributed by atoms with Crippen LogP contribution < -0.4 is 4.74 Å². The Morgan fingerprint density at radius 2 is 2.15 bits per heavy atom. The van der Waals surface area contributed by atoms with E-state index >= 15 is 0 Å². The van der Waals surface area contributed by atoms with Crippen LogP contribution in [0.3, 0.4) is 0 Å². The van der Waals surface area contributed by atoms with Gasteiger partial charge in [-0.25, -0.2) is 18.2 Å². The fourth-order valence-electron chi connectivity index (χ4n) is 0.773. The van der Waals surface area contributed by atoms with Crippen LogP contribution in [0.5, 0.6) is 5.88 Å². The van der Waals surface area contributed by atoms with Gasteiger partial charge in [-0.3, -0.25) is 0 Å². The van der Waals surface area contributed by atoms with Crippen LogP contribution in [0, 0.1) is 9.52 Å². The molecule has 0 saturated carbocycles. The first-order valence-electron chi connectivity index (χ1n) is 3.24. The number of hydrogen-bond acceptors (Lipinski definition) is 2. The third kappa shape index (κ3) is 2.23. The Bertz CT molecular complexity index is 296. The number of hydrogen-bond donors (Lipinski definition) is 0. The highest BCUT2D eigenvalue weighted by molar-refractivity contribution is 14.1. The van der Waals surface area contributed by atoms with Crippen molar-refractivity contribution in [1.82, 2.24) is 4.98 Å². The van der Waals surface area contributed by atoms with Crippen molar-refractivity contribution < 1.29 is 17.9 Å². The van der Waals surface area contributed by atoms with Crippen LogP contribution in [0.1, 0.15) is 12.0 Å². The average Bonchev–Trinajstić information content (AvgIpc) is 2.02. The SMILES string of the molecule is COc1cc(F)c(C(F)F)c(I)n1. The molecular formula is C7H5F3INO. The molecule has 0 atom stereocenters.